The van der Waals surface area contributed by atoms with Crippen LogP contribution in [0.15, 0.2) is 0 Å². The molecule has 0 aromatic heterocycles. The maximum Gasteiger partial charge on any atom is 0.324 e. The number of carbonyl (C=O) groups excluding carboxylic acids is 2. The predicted octanol–water partition coefficient (Wildman–Crippen LogP) is -1.47. The van der Waals surface area contributed by atoms with E-state index < -0.39 is 17.7 Å². The van der Waals surface area contributed by atoms with Crippen LogP contribution in [0.4, 0.5) is 4.79 Å². The number of imide groups is 1. The van der Waals surface area contributed by atoms with E-state index in [-0.39, 0.29) is 0 Å². The summed E-state index contributed by atoms with van der Waals surface area (Å²) >= 11 is 0. The van der Waals surface area contributed by atoms with Crippen LogP contribution >= 0.6 is 0 Å². The minimum atomic E-state index is -1.73. The van der Waals surface area contributed by atoms with Gasteiger partial charge >= 0.3 is 6.03 Å². The first-order valence-corrected chi connectivity index (χ1v) is 2.38. The summed E-state index contributed by atoms with van der Waals surface area (Å²) in [6.07, 6.45) is 0. The van der Waals surface area contributed by atoms with Crippen LogP contribution in [-0.2, 0) is 4.79 Å². The molecule has 1 rings (SSSR count). The molecule has 0 aliphatic carbocycles. The lowest BCUT2D eigenvalue weighted by atomic mass is 10.3. The van der Waals surface area contributed by atoms with Gasteiger partial charge in [0, 0.05) is 0 Å². The van der Waals surface area contributed by atoms with Gasteiger partial charge in [0.1, 0.15) is 0 Å². The summed E-state index contributed by atoms with van der Waals surface area (Å²) in [4.78, 5) is 20.7. The Kier molecular flexibility index (Phi) is 0.967. The van der Waals surface area contributed by atoms with Crippen molar-refractivity contribution in [2.75, 3.05) is 0 Å². The molecule has 1 aliphatic heterocycles. The normalized spacial score (nSPS) is 34.0. The maximum atomic E-state index is 10.5. The molecule has 1 saturated heterocycles. The van der Waals surface area contributed by atoms with E-state index in [4.69, 9.17) is 5.11 Å². The molecule has 0 aromatic carbocycles. The van der Waals surface area contributed by atoms with Gasteiger partial charge in [0.25, 0.3) is 5.91 Å². The number of hydrogen-bond donors (Lipinski definition) is 3. The van der Waals surface area contributed by atoms with Crippen molar-refractivity contribution in [3.8, 4) is 0 Å². The highest BCUT2D eigenvalue weighted by Crippen LogP contribution is 2.02. The summed E-state index contributed by atoms with van der Waals surface area (Å²) in [5.41, 5.74) is -1.73. The fourth-order valence-corrected chi connectivity index (χ4v) is 0.534. The van der Waals surface area contributed by atoms with Gasteiger partial charge < -0.3 is 10.4 Å². The van der Waals surface area contributed by atoms with E-state index in [0.29, 0.717) is 0 Å². The highest BCUT2D eigenvalue weighted by Gasteiger charge is 2.39. The van der Waals surface area contributed by atoms with E-state index in [1.165, 1.54) is 6.92 Å². The Morgan fingerprint density at radius 2 is 2.11 bits per heavy atom. The quantitative estimate of drug-likeness (QED) is 0.277. The lowest BCUT2D eigenvalue weighted by Crippen LogP contribution is -2.43. The summed E-state index contributed by atoms with van der Waals surface area (Å²) in [7, 11) is 0. The van der Waals surface area contributed by atoms with E-state index in [0.717, 1.165) is 0 Å². The smallest absolute Gasteiger partial charge is 0.324 e. The van der Waals surface area contributed by atoms with Crippen molar-refractivity contribution in [2.24, 2.45) is 0 Å². The number of amides is 3. The maximum absolute atomic E-state index is 10.5. The Morgan fingerprint density at radius 1 is 1.56 bits per heavy atom. The average molecular weight is 131 g/mol. The summed E-state index contributed by atoms with van der Waals surface area (Å²) in [5.74, 6) is -0.715. The van der Waals surface area contributed by atoms with Crippen LogP contribution in [0.1, 0.15) is 6.92 Å². The highest BCUT2D eigenvalue weighted by atomic mass is 16.3. The topological polar surface area (TPSA) is 78.4 Å². The van der Waals surface area contributed by atoms with Crippen molar-refractivity contribution in [3.05, 3.63) is 0 Å². The Morgan fingerprint density at radius 3 is 2.22 bits per heavy atom. The molecule has 0 radical (unpaired) electrons. The zero-order valence-electron chi connectivity index (χ0n) is 4.76. The van der Waals surface area contributed by atoms with Crippen molar-refractivity contribution in [1.29, 1.82) is 0 Å². The highest BCUT2D eigenvalue weighted by molar-refractivity contribution is 6.05. The standard InChI is InChI=1S/C4H6N2O3/c1-4(9)2(7)5-3(8)6-4/h9H,1H3,(H2,5,6,7,8)/i3+1,5+0,6+0. The zero-order valence-corrected chi connectivity index (χ0v) is 4.76. The molecule has 0 spiro atoms. The fourth-order valence-electron chi connectivity index (χ4n) is 0.534. The third-order valence-corrected chi connectivity index (χ3v) is 1.03. The van der Waals surface area contributed by atoms with Crippen LogP contribution in [0.25, 0.3) is 0 Å². The molecule has 5 nitrogen and oxygen atoms in total. The molecule has 3 N–H and O–H groups in total. The Bertz CT molecular complexity index is 175. The summed E-state index contributed by atoms with van der Waals surface area (Å²) in [5, 5.41) is 12.8. The second-order valence-corrected chi connectivity index (χ2v) is 1.98. The van der Waals surface area contributed by atoms with Crippen LogP contribution in [0.3, 0.4) is 0 Å². The van der Waals surface area contributed by atoms with Gasteiger partial charge in [0.05, 0.1) is 0 Å². The molecule has 1 aliphatic rings. The van der Waals surface area contributed by atoms with Gasteiger partial charge in [-0.15, -0.1) is 0 Å². The lowest BCUT2D eigenvalue weighted by Gasteiger charge is -2.09. The first-order valence-electron chi connectivity index (χ1n) is 2.38. The van der Waals surface area contributed by atoms with Gasteiger partial charge in [0.15, 0.2) is 0 Å². The van der Waals surface area contributed by atoms with E-state index >= 15 is 0 Å². The van der Waals surface area contributed by atoms with Crippen LogP contribution in [0.2, 0.25) is 0 Å². The second kappa shape index (κ2) is 1.44. The number of urea groups is 1. The molecular weight excluding hydrogens is 125 g/mol. The van der Waals surface area contributed by atoms with Crippen molar-refractivity contribution in [1.82, 2.24) is 10.6 Å². The first-order chi connectivity index (χ1) is 4.02. The molecule has 1 heterocycles. The SMILES string of the molecule is CC1(O)[14NH][13C](=O)[14NH]C1=O. The number of carbonyl (C=O) groups is 2. The summed E-state index contributed by atoms with van der Waals surface area (Å²) < 4.78 is 0. The van der Waals surface area contributed by atoms with E-state index in [1.54, 1.807) is 0 Å². The minimum Gasteiger partial charge on any atom is -0.363 e. The van der Waals surface area contributed by atoms with Gasteiger partial charge in [-0.1, -0.05) is 0 Å². The van der Waals surface area contributed by atoms with Gasteiger partial charge in [-0.3, -0.25) is 10.1 Å². The third kappa shape index (κ3) is 0.857. The first kappa shape index (κ1) is 6.03. The molecule has 1 fully saturated rings. The zero-order chi connectivity index (χ0) is 7.07. The van der Waals surface area contributed by atoms with Gasteiger partial charge in [-0.2, -0.15) is 0 Å². The largest absolute Gasteiger partial charge is 0.363 e. The van der Waals surface area contributed by atoms with Crippen LogP contribution in [-0.4, -0.2) is 22.8 Å². The van der Waals surface area contributed by atoms with Crippen molar-refractivity contribution >= 4 is 11.9 Å². The van der Waals surface area contributed by atoms with Gasteiger partial charge in [-0.25, -0.2) is 4.79 Å². The number of hydrogen-bond acceptors (Lipinski definition) is 3. The molecule has 1 atom stereocenters. The van der Waals surface area contributed by atoms with Crippen molar-refractivity contribution in [3.63, 3.8) is 0 Å². The van der Waals surface area contributed by atoms with E-state index in [9.17, 15) is 9.59 Å². The molecule has 5 heteroatoms. The Labute approximate surface area is 51.0 Å². The molecule has 1 unspecified atom stereocenters. The molecule has 0 bridgehead atoms. The molecule has 0 saturated carbocycles. The average Bonchev–Trinajstić information content (AvgIpc) is 1.79. The van der Waals surface area contributed by atoms with Crippen LogP contribution in [0.5, 0.6) is 0 Å². The number of nitrogens with one attached hydrogen (secondary N) is 2. The Balaban J connectivity index is 2.81. The van der Waals surface area contributed by atoms with Gasteiger partial charge in [-0.05, 0) is 6.92 Å². The van der Waals surface area contributed by atoms with Crippen LogP contribution in [0, 0.1) is 0 Å². The van der Waals surface area contributed by atoms with Crippen LogP contribution < -0.4 is 10.6 Å². The Hall–Kier alpha value is -1.10. The van der Waals surface area contributed by atoms with Crippen molar-refractivity contribution < 1.29 is 14.7 Å². The number of aliphatic hydroxyl groups is 1. The number of rotatable bonds is 0. The van der Waals surface area contributed by atoms with Crippen molar-refractivity contribution in [2.45, 2.75) is 12.6 Å². The molecule has 3 amide bonds. The molecule has 50 valence electrons. The predicted molar refractivity (Wildman–Crippen MR) is 27.3 cm³/mol. The van der Waals surface area contributed by atoms with E-state index in [2.05, 4.69) is 0 Å². The summed E-state index contributed by atoms with van der Waals surface area (Å²) in [6.45, 7) is 1.20. The van der Waals surface area contributed by atoms with E-state index in [1.807, 2.05) is 10.6 Å². The molecule has 9 heavy (non-hydrogen) atoms. The monoisotopic (exact) mass is 131 g/mol. The van der Waals surface area contributed by atoms with Gasteiger partial charge in [0.2, 0.25) is 5.72 Å². The second-order valence-electron chi connectivity index (χ2n) is 1.98. The lowest BCUT2D eigenvalue weighted by molar-refractivity contribution is -0.134. The fraction of sp³-hybridized carbons (Fsp3) is 0.500. The molecular formula is C4H6N2O3. The summed E-state index contributed by atoms with van der Waals surface area (Å²) in [6, 6.07) is -0.662. The minimum absolute atomic E-state index is 0.662. The third-order valence-electron chi connectivity index (χ3n) is 1.03. The molecule has 0 aromatic rings.